The van der Waals surface area contributed by atoms with Crippen LogP contribution in [-0.2, 0) is 4.74 Å². The third kappa shape index (κ3) is 3.69. The highest BCUT2D eigenvalue weighted by Crippen LogP contribution is 2.38. The average molecular weight is 290 g/mol. The van der Waals surface area contributed by atoms with E-state index in [0.717, 1.165) is 12.1 Å². The zero-order chi connectivity index (χ0) is 15.5. The van der Waals surface area contributed by atoms with Gasteiger partial charge in [0.05, 0.1) is 12.2 Å². The van der Waals surface area contributed by atoms with Gasteiger partial charge in [0, 0.05) is 17.4 Å². The largest absolute Gasteiger partial charge is 0.462 e. The minimum atomic E-state index is -0.319. The molecule has 0 aromatic heterocycles. The topological polar surface area (TPSA) is 64.3 Å². The third-order valence-electron chi connectivity index (χ3n) is 4.38. The summed E-state index contributed by atoms with van der Waals surface area (Å²) >= 11 is 0. The minimum Gasteiger partial charge on any atom is -0.462 e. The fraction of sp³-hybridized carbons (Fsp3) is 0.588. The Morgan fingerprint density at radius 3 is 2.86 bits per heavy atom. The summed E-state index contributed by atoms with van der Waals surface area (Å²) in [5.74, 6) is -0.319. The Bertz CT molecular complexity index is 512. The first kappa shape index (κ1) is 15.7. The molecule has 0 spiro atoms. The van der Waals surface area contributed by atoms with Crippen molar-refractivity contribution in [3.8, 4) is 0 Å². The molecule has 21 heavy (non-hydrogen) atoms. The molecule has 0 heterocycles. The molecule has 4 heteroatoms. The monoisotopic (exact) mass is 290 g/mol. The number of nitrogen functional groups attached to an aromatic ring is 1. The summed E-state index contributed by atoms with van der Waals surface area (Å²) in [5, 5.41) is 3.55. The molecule has 0 saturated heterocycles. The van der Waals surface area contributed by atoms with Crippen LogP contribution < -0.4 is 11.1 Å². The maximum absolute atomic E-state index is 12.1. The van der Waals surface area contributed by atoms with E-state index in [9.17, 15) is 4.79 Å². The van der Waals surface area contributed by atoms with E-state index >= 15 is 0 Å². The number of carbonyl (C=O) groups is 1. The van der Waals surface area contributed by atoms with Crippen LogP contribution in [0.1, 0.15) is 56.8 Å². The molecule has 0 radical (unpaired) electrons. The van der Waals surface area contributed by atoms with Crippen molar-refractivity contribution in [2.24, 2.45) is 5.41 Å². The lowest BCUT2D eigenvalue weighted by Crippen LogP contribution is -2.39. The lowest BCUT2D eigenvalue weighted by molar-refractivity contribution is 0.0527. The van der Waals surface area contributed by atoms with Crippen molar-refractivity contribution in [3.05, 3.63) is 23.8 Å². The predicted molar refractivity (Wildman–Crippen MR) is 86.5 cm³/mol. The molecule has 0 amide bonds. The van der Waals surface area contributed by atoms with Crippen molar-refractivity contribution in [2.75, 3.05) is 17.7 Å². The van der Waals surface area contributed by atoms with E-state index in [1.54, 1.807) is 6.07 Å². The smallest absolute Gasteiger partial charge is 0.340 e. The first-order chi connectivity index (χ1) is 9.94. The van der Waals surface area contributed by atoms with Crippen molar-refractivity contribution >= 4 is 17.3 Å². The molecule has 2 rings (SSSR count). The molecule has 1 saturated carbocycles. The number of nitrogens with one attached hydrogen (secondary N) is 1. The first-order valence-corrected chi connectivity index (χ1v) is 7.77. The van der Waals surface area contributed by atoms with Gasteiger partial charge in [-0.2, -0.15) is 0 Å². The normalized spacial score (nSPS) is 20.8. The number of esters is 1. The summed E-state index contributed by atoms with van der Waals surface area (Å²) in [6, 6.07) is 5.76. The average Bonchev–Trinajstić information content (AvgIpc) is 2.43. The number of rotatable bonds is 4. The molecular weight excluding hydrogens is 264 g/mol. The van der Waals surface area contributed by atoms with E-state index < -0.39 is 0 Å². The third-order valence-corrected chi connectivity index (χ3v) is 4.38. The SMILES string of the molecule is CCOC(=O)c1cc(N)ccc1NC1CCCCC1(C)C. The fourth-order valence-electron chi connectivity index (χ4n) is 3.01. The van der Waals surface area contributed by atoms with Crippen LogP contribution in [0, 0.1) is 5.41 Å². The van der Waals surface area contributed by atoms with Gasteiger partial charge in [0.1, 0.15) is 0 Å². The van der Waals surface area contributed by atoms with Crippen LogP contribution in [0.3, 0.4) is 0 Å². The number of hydrogen-bond donors (Lipinski definition) is 2. The van der Waals surface area contributed by atoms with Crippen molar-refractivity contribution < 1.29 is 9.53 Å². The van der Waals surface area contributed by atoms with Crippen LogP contribution >= 0.6 is 0 Å². The predicted octanol–water partition coefficient (Wildman–Crippen LogP) is 3.83. The summed E-state index contributed by atoms with van der Waals surface area (Å²) in [4.78, 5) is 12.1. The summed E-state index contributed by atoms with van der Waals surface area (Å²) in [5.41, 5.74) is 7.96. The van der Waals surface area contributed by atoms with Gasteiger partial charge in [-0.25, -0.2) is 4.79 Å². The van der Waals surface area contributed by atoms with Gasteiger partial charge in [0.2, 0.25) is 0 Å². The van der Waals surface area contributed by atoms with Gasteiger partial charge in [-0.1, -0.05) is 26.7 Å². The maximum Gasteiger partial charge on any atom is 0.340 e. The Morgan fingerprint density at radius 2 is 2.19 bits per heavy atom. The molecular formula is C17H26N2O2. The molecule has 4 nitrogen and oxygen atoms in total. The van der Waals surface area contributed by atoms with E-state index in [2.05, 4.69) is 19.2 Å². The molecule has 1 aliphatic rings. The Kier molecular flexibility index (Phi) is 4.76. The summed E-state index contributed by atoms with van der Waals surface area (Å²) in [7, 11) is 0. The Morgan fingerprint density at radius 1 is 1.43 bits per heavy atom. The highest BCUT2D eigenvalue weighted by atomic mass is 16.5. The molecule has 1 unspecified atom stereocenters. The number of ether oxygens (including phenoxy) is 1. The number of anilines is 2. The molecule has 1 aromatic carbocycles. The quantitative estimate of drug-likeness (QED) is 0.653. The Balaban J connectivity index is 2.24. The zero-order valence-electron chi connectivity index (χ0n) is 13.2. The Labute approximate surface area is 127 Å². The summed E-state index contributed by atoms with van der Waals surface area (Å²) < 4.78 is 5.13. The highest BCUT2D eigenvalue weighted by Gasteiger charge is 2.32. The molecule has 116 valence electrons. The van der Waals surface area contributed by atoms with Gasteiger partial charge in [-0.15, -0.1) is 0 Å². The van der Waals surface area contributed by atoms with E-state index in [1.807, 2.05) is 19.1 Å². The van der Waals surface area contributed by atoms with Crippen molar-refractivity contribution in [2.45, 2.75) is 52.5 Å². The van der Waals surface area contributed by atoms with Crippen molar-refractivity contribution in [1.29, 1.82) is 0 Å². The van der Waals surface area contributed by atoms with Crippen LogP contribution in [0.25, 0.3) is 0 Å². The number of benzene rings is 1. The van der Waals surface area contributed by atoms with Gasteiger partial charge in [-0.3, -0.25) is 0 Å². The summed E-state index contributed by atoms with van der Waals surface area (Å²) in [6.07, 6.45) is 4.83. The van der Waals surface area contributed by atoms with Crippen LogP contribution in [0.2, 0.25) is 0 Å². The first-order valence-electron chi connectivity index (χ1n) is 7.77. The van der Waals surface area contributed by atoms with E-state index in [0.29, 0.717) is 23.9 Å². The van der Waals surface area contributed by atoms with Crippen LogP contribution in [0.4, 0.5) is 11.4 Å². The van der Waals surface area contributed by atoms with Gasteiger partial charge in [0.25, 0.3) is 0 Å². The van der Waals surface area contributed by atoms with Gasteiger partial charge >= 0.3 is 5.97 Å². The van der Waals surface area contributed by atoms with E-state index in [-0.39, 0.29) is 11.4 Å². The molecule has 0 bridgehead atoms. The van der Waals surface area contributed by atoms with Gasteiger partial charge < -0.3 is 15.8 Å². The minimum absolute atomic E-state index is 0.228. The molecule has 0 aliphatic heterocycles. The maximum atomic E-state index is 12.1. The van der Waals surface area contributed by atoms with Crippen molar-refractivity contribution in [1.82, 2.24) is 0 Å². The molecule has 1 aliphatic carbocycles. The standard InChI is InChI=1S/C17H26N2O2/c1-4-21-16(20)13-11-12(18)8-9-14(13)19-15-7-5-6-10-17(15,2)3/h8-9,11,15,19H,4-7,10,18H2,1-3H3. The second kappa shape index (κ2) is 6.37. The van der Waals surface area contributed by atoms with E-state index in [4.69, 9.17) is 10.5 Å². The number of nitrogens with two attached hydrogens (primary N) is 1. The van der Waals surface area contributed by atoms with Gasteiger partial charge in [-0.05, 0) is 43.4 Å². The number of hydrogen-bond acceptors (Lipinski definition) is 4. The highest BCUT2D eigenvalue weighted by molar-refractivity contribution is 5.96. The van der Waals surface area contributed by atoms with Gasteiger partial charge in [0.15, 0.2) is 0 Å². The van der Waals surface area contributed by atoms with Crippen molar-refractivity contribution in [3.63, 3.8) is 0 Å². The molecule has 3 N–H and O–H groups in total. The number of carbonyl (C=O) groups excluding carboxylic acids is 1. The second-order valence-corrected chi connectivity index (χ2v) is 6.46. The fourth-order valence-corrected chi connectivity index (χ4v) is 3.01. The zero-order valence-corrected chi connectivity index (χ0v) is 13.2. The lowest BCUT2D eigenvalue weighted by Gasteiger charge is -2.40. The summed E-state index contributed by atoms with van der Waals surface area (Å²) in [6.45, 7) is 6.74. The lowest BCUT2D eigenvalue weighted by atomic mass is 9.73. The Hall–Kier alpha value is -1.71. The molecule has 1 aromatic rings. The molecule has 1 fully saturated rings. The van der Waals surface area contributed by atoms with Crippen LogP contribution in [-0.4, -0.2) is 18.6 Å². The van der Waals surface area contributed by atoms with Crippen LogP contribution in [0.5, 0.6) is 0 Å². The molecule has 1 atom stereocenters. The van der Waals surface area contributed by atoms with Crippen LogP contribution in [0.15, 0.2) is 18.2 Å². The van der Waals surface area contributed by atoms with E-state index in [1.165, 1.54) is 19.3 Å². The second-order valence-electron chi connectivity index (χ2n) is 6.46.